The third-order valence-electron chi connectivity index (χ3n) is 4.01. The van der Waals surface area contributed by atoms with Crippen LogP contribution in [0.2, 0.25) is 15.1 Å². The van der Waals surface area contributed by atoms with E-state index >= 15 is 0 Å². The molecule has 1 amide bonds. The Balaban J connectivity index is 1.67. The van der Waals surface area contributed by atoms with Gasteiger partial charge in [0, 0.05) is 25.2 Å². The number of halogens is 3. The van der Waals surface area contributed by atoms with Crippen molar-refractivity contribution in [2.45, 2.75) is 17.3 Å². The number of hydrogen-bond acceptors (Lipinski definition) is 6. The summed E-state index contributed by atoms with van der Waals surface area (Å²) >= 11 is 19.5. The second kappa shape index (κ2) is 8.87. The number of carbonyl (C=O) groups is 1. The fourth-order valence-electron chi connectivity index (χ4n) is 2.55. The van der Waals surface area contributed by atoms with E-state index in [4.69, 9.17) is 39.5 Å². The molecule has 27 heavy (non-hydrogen) atoms. The van der Waals surface area contributed by atoms with Crippen molar-refractivity contribution in [3.63, 3.8) is 0 Å². The van der Waals surface area contributed by atoms with Gasteiger partial charge in [-0.15, -0.1) is 10.2 Å². The molecule has 1 aromatic carbocycles. The Bertz CT molecular complexity index is 818. The second-order valence-electron chi connectivity index (χ2n) is 5.93. The van der Waals surface area contributed by atoms with E-state index in [2.05, 4.69) is 20.4 Å². The first-order valence-electron chi connectivity index (χ1n) is 8.21. The minimum absolute atomic E-state index is 0.248. The number of rotatable bonds is 5. The highest BCUT2D eigenvalue weighted by Gasteiger charge is 2.23. The second-order valence-corrected chi connectivity index (χ2v) is 8.49. The Morgan fingerprint density at radius 2 is 1.85 bits per heavy atom. The van der Waals surface area contributed by atoms with Gasteiger partial charge in [-0.2, -0.15) is 0 Å². The number of benzene rings is 1. The first kappa shape index (κ1) is 20.5. The number of nitrogens with zero attached hydrogens (tertiary/aromatic N) is 4. The molecule has 1 atom stereocenters. The quantitative estimate of drug-likeness (QED) is 0.700. The highest BCUT2D eigenvalue weighted by Crippen LogP contribution is 2.34. The minimum Gasteiger partial charge on any atom is -0.378 e. The summed E-state index contributed by atoms with van der Waals surface area (Å²) in [5.41, 5.74) is 0.340. The van der Waals surface area contributed by atoms with E-state index in [0.29, 0.717) is 29.1 Å². The Labute approximate surface area is 176 Å². The smallest absolute Gasteiger partial charge is 0.237 e. The number of hydrogen-bond donors (Lipinski definition) is 1. The van der Waals surface area contributed by atoms with Crippen LogP contribution in [0.3, 0.4) is 0 Å². The molecular formula is C16H18Cl3N5O2S. The number of nitrogens with one attached hydrogen (secondary N) is 1. The average molecular weight is 451 g/mol. The summed E-state index contributed by atoms with van der Waals surface area (Å²) in [5.74, 6) is 0.513. The molecule has 146 valence electrons. The Morgan fingerprint density at radius 1 is 1.22 bits per heavy atom. The lowest BCUT2D eigenvalue weighted by Gasteiger charge is -2.27. The molecular weight excluding hydrogens is 433 g/mol. The molecule has 1 N–H and O–H groups in total. The van der Waals surface area contributed by atoms with E-state index in [1.807, 2.05) is 11.6 Å². The summed E-state index contributed by atoms with van der Waals surface area (Å²) in [7, 11) is 1.88. The minimum atomic E-state index is -0.437. The van der Waals surface area contributed by atoms with Gasteiger partial charge < -0.3 is 15.0 Å². The zero-order valence-corrected chi connectivity index (χ0v) is 17.8. The van der Waals surface area contributed by atoms with E-state index < -0.39 is 5.25 Å². The van der Waals surface area contributed by atoms with Gasteiger partial charge in [0.05, 0.1) is 34.2 Å². The Hall–Kier alpha value is -1.19. The van der Waals surface area contributed by atoms with Gasteiger partial charge in [-0.3, -0.25) is 9.36 Å². The van der Waals surface area contributed by atoms with Crippen molar-refractivity contribution in [1.29, 1.82) is 0 Å². The van der Waals surface area contributed by atoms with Crippen LogP contribution < -0.4 is 10.2 Å². The van der Waals surface area contributed by atoms with Gasteiger partial charge in [-0.25, -0.2) is 0 Å². The number of aromatic nitrogens is 3. The Morgan fingerprint density at radius 3 is 2.48 bits per heavy atom. The maximum Gasteiger partial charge on any atom is 0.237 e. The molecule has 0 bridgehead atoms. The fourth-order valence-corrected chi connectivity index (χ4v) is 4.27. The summed E-state index contributed by atoms with van der Waals surface area (Å²) in [4.78, 5) is 14.7. The van der Waals surface area contributed by atoms with Crippen molar-refractivity contribution in [3.05, 3.63) is 27.2 Å². The van der Waals surface area contributed by atoms with E-state index in [-0.39, 0.29) is 16.0 Å². The monoisotopic (exact) mass is 449 g/mol. The normalized spacial score (nSPS) is 15.7. The number of thioether (sulfide) groups is 1. The highest BCUT2D eigenvalue weighted by atomic mass is 35.5. The van der Waals surface area contributed by atoms with Gasteiger partial charge in [0.2, 0.25) is 11.9 Å². The summed E-state index contributed by atoms with van der Waals surface area (Å²) in [6, 6.07) is 3.05. The lowest BCUT2D eigenvalue weighted by molar-refractivity contribution is -0.115. The lowest BCUT2D eigenvalue weighted by Crippen LogP contribution is -2.37. The van der Waals surface area contributed by atoms with Gasteiger partial charge in [0.25, 0.3) is 0 Å². The average Bonchev–Trinajstić information content (AvgIpc) is 2.99. The molecule has 0 spiro atoms. The third kappa shape index (κ3) is 4.81. The summed E-state index contributed by atoms with van der Waals surface area (Å²) in [6.45, 7) is 4.63. The molecule has 1 saturated heterocycles. The zero-order chi connectivity index (χ0) is 19.6. The molecule has 2 heterocycles. The van der Waals surface area contributed by atoms with Gasteiger partial charge in [0.1, 0.15) is 0 Å². The van der Waals surface area contributed by atoms with Gasteiger partial charge >= 0.3 is 0 Å². The molecule has 0 saturated carbocycles. The van der Waals surface area contributed by atoms with Gasteiger partial charge in [-0.05, 0) is 19.1 Å². The van der Waals surface area contributed by atoms with E-state index in [1.54, 1.807) is 6.92 Å². The van der Waals surface area contributed by atoms with Crippen LogP contribution in [0.15, 0.2) is 17.3 Å². The van der Waals surface area contributed by atoms with Crippen LogP contribution in [0, 0.1) is 0 Å². The van der Waals surface area contributed by atoms with Crippen LogP contribution in [0.1, 0.15) is 6.92 Å². The fraction of sp³-hybridized carbons (Fsp3) is 0.438. The Kier molecular flexibility index (Phi) is 6.75. The molecule has 0 radical (unpaired) electrons. The number of morpholine rings is 1. The van der Waals surface area contributed by atoms with Crippen molar-refractivity contribution >= 4 is 64.1 Å². The molecule has 2 aromatic rings. The van der Waals surface area contributed by atoms with Crippen molar-refractivity contribution in [1.82, 2.24) is 14.8 Å². The van der Waals surface area contributed by atoms with Crippen LogP contribution in [-0.4, -0.2) is 52.2 Å². The third-order valence-corrected chi connectivity index (χ3v) is 5.96. The number of anilines is 2. The van der Waals surface area contributed by atoms with E-state index in [0.717, 1.165) is 19.0 Å². The van der Waals surface area contributed by atoms with Crippen LogP contribution in [0.25, 0.3) is 0 Å². The van der Waals surface area contributed by atoms with Crippen LogP contribution >= 0.6 is 46.6 Å². The van der Waals surface area contributed by atoms with E-state index in [1.165, 1.54) is 23.9 Å². The first-order chi connectivity index (χ1) is 12.9. The molecule has 3 rings (SSSR count). The highest BCUT2D eigenvalue weighted by molar-refractivity contribution is 8.00. The first-order valence-corrected chi connectivity index (χ1v) is 10.2. The van der Waals surface area contributed by atoms with Crippen LogP contribution in [-0.2, 0) is 16.6 Å². The van der Waals surface area contributed by atoms with Crippen molar-refractivity contribution in [2.75, 3.05) is 36.5 Å². The maximum atomic E-state index is 12.6. The molecule has 1 fully saturated rings. The number of carbonyl (C=O) groups excluding carboxylic acids is 1. The van der Waals surface area contributed by atoms with Gasteiger partial charge in [0.15, 0.2) is 5.16 Å². The number of ether oxygens (including phenoxy) is 1. The molecule has 1 unspecified atom stereocenters. The van der Waals surface area contributed by atoms with Gasteiger partial charge in [-0.1, -0.05) is 46.6 Å². The maximum absolute atomic E-state index is 12.6. The number of amides is 1. The summed E-state index contributed by atoms with van der Waals surface area (Å²) in [5, 5.41) is 12.4. The van der Waals surface area contributed by atoms with Crippen LogP contribution in [0.5, 0.6) is 0 Å². The zero-order valence-electron chi connectivity index (χ0n) is 14.7. The van der Waals surface area contributed by atoms with E-state index in [9.17, 15) is 4.79 Å². The van der Waals surface area contributed by atoms with Crippen LogP contribution in [0.4, 0.5) is 11.6 Å². The van der Waals surface area contributed by atoms with Crippen molar-refractivity contribution in [3.8, 4) is 0 Å². The van der Waals surface area contributed by atoms with Crippen molar-refractivity contribution < 1.29 is 9.53 Å². The summed E-state index contributed by atoms with van der Waals surface area (Å²) < 4.78 is 7.24. The molecule has 7 nitrogen and oxygen atoms in total. The SMILES string of the molecule is CC(Sc1nnc(N2CCOCC2)n1C)C(=O)Nc1c(Cl)cc(Cl)cc1Cl. The topological polar surface area (TPSA) is 72.3 Å². The van der Waals surface area contributed by atoms with Crippen molar-refractivity contribution in [2.24, 2.45) is 7.05 Å². The largest absolute Gasteiger partial charge is 0.378 e. The molecule has 1 aromatic heterocycles. The standard InChI is InChI=1S/C16H18Cl3N5O2S/c1-9(14(25)20-13-11(18)7-10(17)8-12(13)19)27-16-22-21-15(23(16)2)24-3-5-26-6-4-24/h7-9H,3-6H2,1-2H3,(H,20,25). The predicted molar refractivity (Wildman–Crippen MR) is 109 cm³/mol. The molecule has 0 aliphatic carbocycles. The summed E-state index contributed by atoms with van der Waals surface area (Å²) in [6.07, 6.45) is 0. The molecule has 1 aliphatic heterocycles. The predicted octanol–water partition coefficient (Wildman–Crippen LogP) is 3.73. The molecule has 11 heteroatoms. The molecule has 1 aliphatic rings. The lowest BCUT2D eigenvalue weighted by atomic mass is 10.3.